The fourth-order valence-electron chi connectivity index (χ4n) is 3.05. The molecule has 1 aliphatic rings. The quantitative estimate of drug-likeness (QED) is 0.640. The van der Waals surface area contributed by atoms with Crippen LogP contribution in [-0.4, -0.2) is 50.3 Å². The van der Waals surface area contributed by atoms with Crippen molar-refractivity contribution in [3.8, 4) is 0 Å². The average molecular weight is 431 g/mol. The van der Waals surface area contributed by atoms with Crippen LogP contribution in [0.2, 0.25) is 5.02 Å². The Bertz CT molecular complexity index is 803. The molecule has 1 aromatic rings. The highest BCUT2D eigenvalue weighted by molar-refractivity contribution is 7.89. The second-order valence-corrected chi connectivity index (χ2v) is 9.11. The van der Waals surface area contributed by atoms with E-state index in [4.69, 9.17) is 16.3 Å². The van der Waals surface area contributed by atoms with Gasteiger partial charge in [0.25, 0.3) is 5.91 Å². The maximum Gasteiger partial charge on any atom is 0.340 e. The SMILES string of the molecule is CCC(CC)NC(=O)COC(=O)c1cc(S(=O)(=O)N2CCCCC2)ccc1Cl. The van der Waals surface area contributed by atoms with Crippen molar-refractivity contribution >= 4 is 33.5 Å². The van der Waals surface area contributed by atoms with Crippen molar-refractivity contribution in [3.63, 3.8) is 0 Å². The largest absolute Gasteiger partial charge is 0.452 e. The van der Waals surface area contributed by atoms with Gasteiger partial charge in [0.05, 0.1) is 15.5 Å². The van der Waals surface area contributed by atoms with Gasteiger partial charge in [-0.1, -0.05) is 31.9 Å². The van der Waals surface area contributed by atoms with Gasteiger partial charge in [0.1, 0.15) is 0 Å². The molecule has 0 radical (unpaired) electrons. The molecule has 1 fully saturated rings. The van der Waals surface area contributed by atoms with E-state index in [1.807, 2.05) is 13.8 Å². The van der Waals surface area contributed by atoms with Crippen LogP contribution in [-0.2, 0) is 19.6 Å². The number of nitrogens with zero attached hydrogens (tertiary/aromatic N) is 1. The number of amides is 1. The van der Waals surface area contributed by atoms with E-state index < -0.39 is 28.5 Å². The fraction of sp³-hybridized carbons (Fsp3) is 0.579. The minimum absolute atomic E-state index is 0.00719. The van der Waals surface area contributed by atoms with Crippen LogP contribution in [0.5, 0.6) is 0 Å². The third-order valence-electron chi connectivity index (χ3n) is 4.80. The predicted molar refractivity (Wildman–Crippen MR) is 107 cm³/mol. The molecule has 0 saturated carbocycles. The molecular weight excluding hydrogens is 404 g/mol. The smallest absolute Gasteiger partial charge is 0.340 e. The Balaban J connectivity index is 2.10. The summed E-state index contributed by atoms with van der Waals surface area (Å²) in [7, 11) is -3.70. The van der Waals surface area contributed by atoms with E-state index in [0.29, 0.717) is 13.1 Å². The van der Waals surface area contributed by atoms with Gasteiger partial charge in [-0.3, -0.25) is 4.79 Å². The van der Waals surface area contributed by atoms with Crippen molar-refractivity contribution in [2.75, 3.05) is 19.7 Å². The number of rotatable bonds is 8. The number of carbonyl (C=O) groups is 2. The zero-order valence-electron chi connectivity index (χ0n) is 16.2. The number of benzene rings is 1. The van der Waals surface area contributed by atoms with Crippen LogP contribution in [0, 0.1) is 0 Å². The lowest BCUT2D eigenvalue weighted by atomic mass is 10.2. The summed E-state index contributed by atoms with van der Waals surface area (Å²) in [5, 5.41) is 2.84. The molecule has 0 bridgehead atoms. The van der Waals surface area contributed by atoms with Crippen LogP contribution in [0.3, 0.4) is 0 Å². The normalized spacial score (nSPS) is 15.4. The van der Waals surface area contributed by atoms with Crippen LogP contribution in [0.15, 0.2) is 23.1 Å². The molecule has 0 aromatic heterocycles. The summed E-state index contributed by atoms with van der Waals surface area (Å²) >= 11 is 6.06. The van der Waals surface area contributed by atoms with Gasteiger partial charge in [0.15, 0.2) is 6.61 Å². The molecule has 0 spiro atoms. The zero-order chi connectivity index (χ0) is 20.7. The van der Waals surface area contributed by atoms with Crippen LogP contribution in [0.1, 0.15) is 56.3 Å². The highest BCUT2D eigenvalue weighted by atomic mass is 35.5. The summed E-state index contributed by atoms with van der Waals surface area (Å²) in [6.45, 7) is 4.37. The number of nitrogens with one attached hydrogen (secondary N) is 1. The third-order valence-corrected chi connectivity index (χ3v) is 7.02. The molecular formula is C19H27ClN2O5S. The Morgan fingerprint density at radius 3 is 2.43 bits per heavy atom. The Kier molecular flexibility index (Phi) is 8.27. The fourth-order valence-corrected chi connectivity index (χ4v) is 4.79. The third kappa shape index (κ3) is 5.68. The highest BCUT2D eigenvalue weighted by Gasteiger charge is 2.27. The second-order valence-electron chi connectivity index (χ2n) is 6.76. The first-order valence-electron chi connectivity index (χ1n) is 9.55. The Hall–Kier alpha value is -1.64. The van der Waals surface area contributed by atoms with Crippen molar-refractivity contribution in [1.82, 2.24) is 9.62 Å². The predicted octanol–water partition coefficient (Wildman–Crippen LogP) is 2.98. The molecule has 2 rings (SSSR count). The van der Waals surface area contributed by atoms with Gasteiger partial charge in [-0.25, -0.2) is 13.2 Å². The lowest BCUT2D eigenvalue weighted by Crippen LogP contribution is -2.37. The van der Waals surface area contributed by atoms with Gasteiger partial charge in [0, 0.05) is 19.1 Å². The molecule has 0 unspecified atom stereocenters. The van der Waals surface area contributed by atoms with E-state index in [1.54, 1.807) is 0 Å². The number of hydrogen-bond acceptors (Lipinski definition) is 5. The van der Waals surface area contributed by atoms with Crippen LogP contribution in [0.25, 0.3) is 0 Å². The Morgan fingerprint density at radius 2 is 1.82 bits per heavy atom. The van der Waals surface area contributed by atoms with Gasteiger partial charge in [-0.05, 0) is 43.9 Å². The second kappa shape index (κ2) is 10.2. The minimum atomic E-state index is -3.70. The zero-order valence-corrected chi connectivity index (χ0v) is 17.8. The van der Waals surface area contributed by atoms with Crippen molar-refractivity contribution in [2.24, 2.45) is 0 Å². The molecule has 1 N–H and O–H groups in total. The summed E-state index contributed by atoms with van der Waals surface area (Å²) < 4.78 is 32.0. The summed E-state index contributed by atoms with van der Waals surface area (Å²) in [5.41, 5.74) is -0.0740. The first-order chi connectivity index (χ1) is 13.3. The summed E-state index contributed by atoms with van der Waals surface area (Å²) in [6, 6.07) is 3.97. The molecule has 0 aliphatic carbocycles. The van der Waals surface area contributed by atoms with Crippen molar-refractivity contribution in [1.29, 1.82) is 0 Å². The maximum atomic E-state index is 12.8. The van der Waals surface area contributed by atoms with Gasteiger partial charge in [0.2, 0.25) is 10.0 Å². The lowest BCUT2D eigenvalue weighted by Gasteiger charge is -2.26. The number of piperidine rings is 1. The number of hydrogen-bond donors (Lipinski definition) is 1. The number of esters is 1. The van der Waals surface area contributed by atoms with Crippen LogP contribution < -0.4 is 5.32 Å². The number of ether oxygens (including phenoxy) is 1. The van der Waals surface area contributed by atoms with Gasteiger partial charge in [-0.15, -0.1) is 0 Å². The summed E-state index contributed by atoms with van der Waals surface area (Å²) in [5.74, 6) is -1.24. The Morgan fingerprint density at radius 1 is 1.18 bits per heavy atom. The van der Waals surface area contributed by atoms with Gasteiger partial charge in [-0.2, -0.15) is 4.31 Å². The van der Waals surface area contributed by atoms with E-state index in [-0.39, 0.29) is 21.5 Å². The van der Waals surface area contributed by atoms with E-state index in [2.05, 4.69) is 5.32 Å². The maximum absolute atomic E-state index is 12.8. The standard InChI is InChI=1S/C19H27ClN2O5S/c1-3-14(4-2)21-18(23)13-27-19(24)16-12-15(8-9-17(16)20)28(25,26)22-10-6-5-7-11-22/h8-9,12,14H,3-7,10-11,13H2,1-2H3,(H,21,23). The molecule has 1 aliphatic heterocycles. The molecule has 7 nitrogen and oxygen atoms in total. The van der Waals surface area contributed by atoms with E-state index in [9.17, 15) is 18.0 Å². The van der Waals surface area contributed by atoms with Crippen molar-refractivity contribution in [2.45, 2.75) is 56.9 Å². The molecule has 1 amide bonds. The van der Waals surface area contributed by atoms with Crippen LogP contribution in [0.4, 0.5) is 0 Å². The number of carbonyl (C=O) groups excluding carboxylic acids is 2. The first kappa shape index (κ1) is 22.6. The van der Waals surface area contributed by atoms with E-state index >= 15 is 0 Å². The number of sulfonamides is 1. The lowest BCUT2D eigenvalue weighted by molar-refractivity contribution is -0.125. The minimum Gasteiger partial charge on any atom is -0.452 e. The molecule has 0 atom stereocenters. The van der Waals surface area contributed by atoms with Gasteiger partial charge < -0.3 is 10.1 Å². The molecule has 9 heteroatoms. The molecule has 156 valence electrons. The monoisotopic (exact) mass is 430 g/mol. The summed E-state index contributed by atoms with van der Waals surface area (Å²) in [4.78, 5) is 24.2. The molecule has 1 saturated heterocycles. The van der Waals surface area contributed by atoms with Crippen molar-refractivity contribution in [3.05, 3.63) is 28.8 Å². The molecule has 28 heavy (non-hydrogen) atoms. The van der Waals surface area contributed by atoms with Crippen molar-refractivity contribution < 1.29 is 22.7 Å². The highest BCUT2D eigenvalue weighted by Crippen LogP contribution is 2.25. The van der Waals surface area contributed by atoms with Gasteiger partial charge >= 0.3 is 5.97 Å². The van der Waals surface area contributed by atoms with E-state index in [0.717, 1.165) is 32.1 Å². The summed E-state index contributed by atoms with van der Waals surface area (Å²) in [6.07, 6.45) is 4.18. The van der Waals surface area contributed by atoms with E-state index in [1.165, 1.54) is 22.5 Å². The molecule has 1 aromatic carbocycles. The average Bonchev–Trinajstić information content (AvgIpc) is 2.71. The number of halogens is 1. The topological polar surface area (TPSA) is 92.8 Å². The first-order valence-corrected chi connectivity index (χ1v) is 11.4. The molecule has 1 heterocycles. The Labute approximate surface area is 171 Å². The van der Waals surface area contributed by atoms with Crippen LogP contribution >= 0.6 is 11.6 Å².